The minimum atomic E-state index is -3.56. The molecule has 1 saturated heterocycles. The van der Waals surface area contributed by atoms with Crippen LogP contribution in [0.3, 0.4) is 0 Å². The van der Waals surface area contributed by atoms with Gasteiger partial charge in [-0.1, -0.05) is 43.3 Å². The van der Waals surface area contributed by atoms with Crippen LogP contribution >= 0.6 is 0 Å². The molecule has 4 nitrogen and oxygen atoms in total. The Morgan fingerprint density at radius 2 is 1.81 bits per heavy atom. The van der Waals surface area contributed by atoms with Crippen molar-refractivity contribution in [2.24, 2.45) is 5.92 Å². The third-order valence-electron chi connectivity index (χ3n) is 4.00. The molecule has 2 aromatic carbocycles. The maximum absolute atomic E-state index is 12.9. The molecule has 0 amide bonds. The summed E-state index contributed by atoms with van der Waals surface area (Å²) in [6, 6.07) is 12.7. The van der Waals surface area contributed by atoms with E-state index in [9.17, 15) is 13.2 Å². The highest BCUT2D eigenvalue weighted by Crippen LogP contribution is 2.27. The van der Waals surface area contributed by atoms with Crippen molar-refractivity contribution in [2.75, 3.05) is 13.1 Å². The number of ketones is 1. The van der Waals surface area contributed by atoms with Crippen molar-refractivity contribution in [3.63, 3.8) is 0 Å². The van der Waals surface area contributed by atoms with Crippen molar-refractivity contribution >= 4 is 26.6 Å². The van der Waals surface area contributed by atoms with Gasteiger partial charge in [0.25, 0.3) is 0 Å². The van der Waals surface area contributed by atoms with Gasteiger partial charge in [0.15, 0.2) is 0 Å². The molecule has 2 aromatic rings. The molecule has 1 unspecified atom stereocenters. The monoisotopic (exact) mass is 303 g/mol. The van der Waals surface area contributed by atoms with Gasteiger partial charge in [-0.05, 0) is 11.5 Å². The third kappa shape index (κ3) is 2.47. The first kappa shape index (κ1) is 14.2. The first-order chi connectivity index (χ1) is 10.00. The molecular formula is C16H17NO3S. The third-order valence-corrected chi connectivity index (χ3v) is 5.93. The normalized spacial score (nSPS) is 20.8. The summed E-state index contributed by atoms with van der Waals surface area (Å²) in [7, 11) is -3.56. The van der Waals surface area contributed by atoms with E-state index in [1.807, 2.05) is 30.3 Å². The minimum absolute atomic E-state index is 0.138. The van der Waals surface area contributed by atoms with Crippen LogP contribution in [0.25, 0.3) is 10.8 Å². The lowest BCUT2D eigenvalue weighted by Gasteiger charge is -2.29. The number of fused-ring (bicyclic) bond motifs is 1. The molecule has 1 atom stereocenters. The van der Waals surface area contributed by atoms with Crippen LogP contribution in [0.4, 0.5) is 0 Å². The van der Waals surface area contributed by atoms with Gasteiger partial charge in [0, 0.05) is 30.8 Å². The smallest absolute Gasteiger partial charge is 0.243 e. The molecule has 1 heterocycles. The zero-order valence-corrected chi connectivity index (χ0v) is 12.6. The number of carbonyl (C=O) groups is 1. The molecule has 0 aliphatic carbocycles. The average Bonchev–Trinajstić information content (AvgIpc) is 2.49. The van der Waals surface area contributed by atoms with Crippen LogP contribution in [-0.2, 0) is 14.8 Å². The van der Waals surface area contributed by atoms with Crippen LogP contribution in [0, 0.1) is 5.92 Å². The van der Waals surface area contributed by atoms with E-state index in [-0.39, 0.29) is 24.8 Å². The van der Waals surface area contributed by atoms with Gasteiger partial charge in [-0.15, -0.1) is 0 Å². The van der Waals surface area contributed by atoms with Crippen LogP contribution < -0.4 is 0 Å². The Labute approximate surface area is 124 Å². The number of sulfonamides is 1. The predicted octanol–water partition coefficient (Wildman–Crippen LogP) is 2.44. The molecule has 1 aliphatic heterocycles. The summed E-state index contributed by atoms with van der Waals surface area (Å²) in [4.78, 5) is 11.9. The van der Waals surface area contributed by atoms with E-state index in [4.69, 9.17) is 0 Å². The summed E-state index contributed by atoms with van der Waals surface area (Å²) < 4.78 is 27.2. The standard InChI is InChI=1S/C16H17NO3S/c1-12-11-17(10-9-15(12)18)21(19,20)16-8-4-6-13-5-2-3-7-14(13)16/h2-8,12H,9-11H2,1H3. The molecular weight excluding hydrogens is 286 g/mol. The molecule has 110 valence electrons. The Morgan fingerprint density at radius 1 is 1.10 bits per heavy atom. The number of piperidine rings is 1. The molecule has 1 fully saturated rings. The van der Waals surface area contributed by atoms with E-state index in [0.717, 1.165) is 10.8 Å². The summed E-state index contributed by atoms with van der Waals surface area (Å²) in [5, 5.41) is 1.63. The quantitative estimate of drug-likeness (QED) is 0.856. The zero-order valence-electron chi connectivity index (χ0n) is 11.8. The largest absolute Gasteiger partial charge is 0.299 e. The van der Waals surface area contributed by atoms with Crippen molar-refractivity contribution in [3.05, 3.63) is 42.5 Å². The van der Waals surface area contributed by atoms with Crippen molar-refractivity contribution in [2.45, 2.75) is 18.2 Å². The molecule has 21 heavy (non-hydrogen) atoms. The topological polar surface area (TPSA) is 54.5 Å². The molecule has 0 bridgehead atoms. The number of nitrogens with zero attached hydrogens (tertiary/aromatic N) is 1. The highest BCUT2D eigenvalue weighted by molar-refractivity contribution is 7.89. The number of Topliss-reactive ketones (excluding diaryl/α,β-unsaturated/α-hetero) is 1. The number of carbonyl (C=O) groups excluding carboxylic acids is 1. The van der Waals surface area contributed by atoms with Crippen LogP contribution in [0.5, 0.6) is 0 Å². The first-order valence-corrected chi connectivity index (χ1v) is 8.45. The van der Waals surface area contributed by atoms with Gasteiger partial charge in [-0.2, -0.15) is 4.31 Å². The first-order valence-electron chi connectivity index (χ1n) is 7.01. The second kappa shape index (κ2) is 5.24. The van der Waals surface area contributed by atoms with Gasteiger partial charge in [-0.3, -0.25) is 4.79 Å². The van der Waals surface area contributed by atoms with Crippen LogP contribution in [0.15, 0.2) is 47.4 Å². The highest BCUT2D eigenvalue weighted by atomic mass is 32.2. The van der Waals surface area contributed by atoms with E-state index in [1.165, 1.54) is 4.31 Å². The van der Waals surface area contributed by atoms with Gasteiger partial charge in [-0.25, -0.2) is 8.42 Å². The maximum atomic E-state index is 12.9. The van der Waals surface area contributed by atoms with Crippen molar-refractivity contribution in [1.29, 1.82) is 0 Å². The van der Waals surface area contributed by atoms with Crippen LogP contribution in [0.2, 0.25) is 0 Å². The summed E-state index contributed by atoms with van der Waals surface area (Å²) in [6.07, 6.45) is 0.297. The Hall–Kier alpha value is -1.72. The minimum Gasteiger partial charge on any atom is -0.299 e. The zero-order chi connectivity index (χ0) is 15.0. The molecule has 0 saturated carbocycles. The summed E-state index contributed by atoms with van der Waals surface area (Å²) in [5.41, 5.74) is 0. The molecule has 5 heteroatoms. The number of benzene rings is 2. The van der Waals surface area contributed by atoms with E-state index < -0.39 is 10.0 Å². The maximum Gasteiger partial charge on any atom is 0.243 e. The van der Waals surface area contributed by atoms with Crippen LogP contribution in [-0.4, -0.2) is 31.6 Å². The van der Waals surface area contributed by atoms with Gasteiger partial charge in [0.1, 0.15) is 5.78 Å². The number of rotatable bonds is 2. The van der Waals surface area contributed by atoms with Gasteiger partial charge in [0.05, 0.1) is 4.90 Å². The molecule has 0 aromatic heterocycles. The van der Waals surface area contributed by atoms with Gasteiger partial charge in [0.2, 0.25) is 10.0 Å². The Morgan fingerprint density at radius 3 is 2.57 bits per heavy atom. The fourth-order valence-electron chi connectivity index (χ4n) is 2.76. The molecule has 1 aliphatic rings. The fraction of sp³-hybridized carbons (Fsp3) is 0.312. The SMILES string of the molecule is CC1CN(S(=O)(=O)c2cccc3ccccc23)CCC1=O. The van der Waals surface area contributed by atoms with Gasteiger partial charge < -0.3 is 0 Å². The summed E-state index contributed by atoms with van der Waals surface area (Å²) in [6.45, 7) is 2.33. The fourth-order valence-corrected chi connectivity index (χ4v) is 4.50. The second-order valence-corrected chi connectivity index (χ2v) is 7.36. The average molecular weight is 303 g/mol. The number of hydrogen-bond donors (Lipinski definition) is 0. The van der Waals surface area contributed by atoms with Crippen molar-refractivity contribution < 1.29 is 13.2 Å². The van der Waals surface area contributed by atoms with E-state index in [2.05, 4.69) is 0 Å². The van der Waals surface area contributed by atoms with E-state index in [0.29, 0.717) is 11.3 Å². The lowest BCUT2D eigenvalue weighted by Crippen LogP contribution is -2.43. The lowest BCUT2D eigenvalue weighted by atomic mass is 10.0. The highest BCUT2D eigenvalue weighted by Gasteiger charge is 2.33. The Kier molecular flexibility index (Phi) is 3.55. The van der Waals surface area contributed by atoms with Gasteiger partial charge >= 0.3 is 0 Å². The molecule has 0 spiro atoms. The molecule has 0 radical (unpaired) electrons. The molecule has 0 N–H and O–H groups in total. The summed E-state index contributed by atoms with van der Waals surface area (Å²) in [5.74, 6) is -0.0946. The van der Waals surface area contributed by atoms with Crippen molar-refractivity contribution in [3.8, 4) is 0 Å². The second-order valence-electron chi connectivity index (χ2n) is 5.46. The Balaban J connectivity index is 2.07. The predicted molar refractivity (Wildman–Crippen MR) is 81.5 cm³/mol. The lowest BCUT2D eigenvalue weighted by molar-refractivity contribution is -0.124. The molecule has 3 rings (SSSR count). The van der Waals surface area contributed by atoms with E-state index >= 15 is 0 Å². The number of hydrogen-bond acceptors (Lipinski definition) is 3. The van der Waals surface area contributed by atoms with Crippen LogP contribution in [0.1, 0.15) is 13.3 Å². The Bertz CT molecular complexity index is 793. The summed E-state index contributed by atoms with van der Waals surface area (Å²) >= 11 is 0. The van der Waals surface area contributed by atoms with Crippen molar-refractivity contribution in [1.82, 2.24) is 4.31 Å². The van der Waals surface area contributed by atoms with E-state index in [1.54, 1.807) is 19.1 Å².